The molecule has 0 spiro atoms. The van der Waals surface area contributed by atoms with Crippen molar-refractivity contribution in [3.63, 3.8) is 0 Å². The fourth-order valence-corrected chi connectivity index (χ4v) is 3.93. The predicted octanol–water partition coefficient (Wildman–Crippen LogP) is 3.55. The zero-order valence-electron chi connectivity index (χ0n) is 16.5. The van der Waals surface area contributed by atoms with Crippen LogP contribution in [0.25, 0.3) is 0 Å². The Hall–Kier alpha value is -2.93. The molecule has 2 aromatic carbocycles. The molecule has 1 aliphatic carbocycles. The van der Waals surface area contributed by atoms with Gasteiger partial charge in [-0.25, -0.2) is 0 Å². The Morgan fingerprint density at radius 2 is 2.00 bits per heavy atom. The first-order valence-corrected chi connectivity index (χ1v) is 10.00. The van der Waals surface area contributed by atoms with E-state index in [1.807, 2.05) is 24.3 Å². The average molecular weight is 395 g/mol. The quantitative estimate of drug-likeness (QED) is 0.529. The molecule has 0 aromatic heterocycles. The average Bonchev–Trinajstić information content (AvgIpc) is 3.58. The molecule has 0 N–H and O–H groups in total. The van der Waals surface area contributed by atoms with Crippen LogP contribution in [0.3, 0.4) is 0 Å². The molecule has 1 aliphatic heterocycles. The second-order valence-electron chi connectivity index (χ2n) is 7.70. The van der Waals surface area contributed by atoms with E-state index in [9.17, 15) is 14.9 Å². The van der Waals surface area contributed by atoms with Gasteiger partial charge in [0.15, 0.2) is 0 Å². The number of hydrogen-bond acceptors (Lipinski definition) is 5. The number of benzene rings is 2. The van der Waals surface area contributed by atoms with Gasteiger partial charge in [0, 0.05) is 37.0 Å². The molecule has 0 unspecified atom stereocenters. The second-order valence-corrected chi connectivity index (χ2v) is 7.70. The molecule has 7 heteroatoms. The third-order valence-electron chi connectivity index (χ3n) is 5.64. The number of methoxy groups -OCH3 is 1. The molecular weight excluding hydrogens is 370 g/mol. The van der Waals surface area contributed by atoms with Crippen LogP contribution >= 0.6 is 0 Å². The van der Waals surface area contributed by atoms with E-state index >= 15 is 0 Å². The number of nitro benzene ring substituents is 1. The van der Waals surface area contributed by atoms with Gasteiger partial charge in [-0.05, 0) is 55.0 Å². The van der Waals surface area contributed by atoms with Crippen molar-refractivity contribution < 1.29 is 14.5 Å². The van der Waals surface area contributed by atoms with Crippen molar-refractivity contribution in [3.8, 4) is 5.75 Å². The molecule has 1 saturated carbocycles. The van der Waals surface area contributed by atoms with E-state index < -0.39 is 0 Å². The molecule has 2 aromatic rings. The molecule has 1 fully saturated rings. The van der Waals surface area contributed by atoms with Gasteiger partial charge in [-0.3, -0.25) is 19.8 Å². The lowest BCUT2D eigenvalue weighted by Gasteiger charge is -2.32. The molecule has 1 amide bonds. The summed E-state index contributed by atoms with van der Waals surface area (Å²) in [5, 5.41) is 11.1. The lowest BCUT2D eigenvalue weighted by molar-refractivity contribution is -0.384. The minimum absolute atomic E-state index is 0.0558. The van der Waals surface area contributed by atoms with Crippen molar-refractivity contribution in [2.45, 2.75) is 38.3 Å². The highest BCUT2D eigenvalue weighted by molar-refractivity contribution is 5.96. The number of carbonyl (C=O) groups is 1. The maximum atomic E-state index is 13.1. The van der Waals surface area contributed by atoms with Crippen LogP contribution in [-0.4, -0.2) is 42.0 Å². The van der Waals surface area contributed by atoms with Crippen LogP contribution in [0.5, 0.6) is 5.75 Å². The Kier molecular flexibility index (Phi) is 5.49. The van der Waals surface area contributed by atoms with Gasteiger partial charge in [-0.1, -0.05) is 12.1 Å². The zero-order chi connectivity index (χ0) is 20.4. The van der Waals surface area contributed by atoms with Gasteiger partial charge in [0.05, 0.1) is 18.6 Å². The zero-order valence-corrected chi connectivity index (χ0v) is 16.5. The first-order chi connectivity index (χ1) is 14.0. The van der Waals surface area contributed by atoms with E-state index in [0.717, 1.165) is 54.8 Å². The summed E-state index contributed by atoms with van der Waals surface area (Å²) < 4.78 is 5.22. The van der Waals surface area contributed by atoms with E-state index in [2.05, 4.69) is 4.90 Å². The lowest BCUT2D eigenvalue weighted by atomic mass is 10.0. The standard InChI is InChI=1S/C22H25N3O4/c1-29-20-9-4-16(5-10-20)14-23(18-6-7-18)15-22(26)24-12-2-3-17-13-19(25(27)28)8-11-21(17)24/h4-5,8-11,13,18H,2-3,6-7,12,14-15H2,1H3. The number of aryl methyl sites for hydroxylation is 1. The van der Waals surface area contributed by atoms with E-state index in [4.69, 9.17) is 4.74 Å². The number of non-ortho nitro benzene ring substituents is 1. The highest BCUT2D eigenvalue weighted by Gasteiger charge is 2.32. The number of rotatable bonds is 7. The van der Waals surface area contributed by atoms with E-state index in [-0.39, 0.29) is 16.5 Å². The summed E-state index contributed by atoms with van der Waals surface area (Å²) in [7, 11) is 1.65. The Labute approximate surface area is 170 Å². The summed E-state index contributed by atoms with van der Waals surface area (Å²) in [5.74, 6) is 0.877. The molecule has 0 radical (unpaired) electrons. The van der Waals surface area contributed by atoms with Gasteiger partial charge < -0.3 is 9.64 Å². The second kappa shape index (κ2) is 8.21. The van der Waals surface area contributed by atoms with Crippen LogP contribution in [-0.2, 0) is 17.8 Å². The number of hydrogen-bond donors (Lipinski definition) is 0. The molecule has 152 valence electrons. The summed E-state index contributed by atoms with van der Waals surface area (Å²) in [6.07, 6.45) is 3.82. The summed E-state index contributed by atoms with van der Waals surface area (Å²) in [6.45, 7) is 1.74. The van der Waals surface area contributed by atoms with Crippen molar-refractivity contribution in [1.82, 2.24) is 4.90 Å². The Bertz CT molecular complexity index is 909. The largest absolute Gasteiger partial charge is 0.497 e. The van der Waals surface area contributed by atoms with Gasteiger partial charge in [0.2, 0.25) is 5.91 Å². The smallest absolute Gasteiger partial charge is 0.269 e. The normalized spacial score (nSPS) is 15.9. The fraction of sp³-hybridized carbons (Fsp3) is 0.409. The van der Waals surface area contributed by atoms with Gasteiger partial charge in [-0.2, -0.15) is 0 Å². The first-order valence-electron chi connectivity index (χ1n) is 10.00. The highest BCUT2D eigenvalue weighted by atomic mass is 16.6. The van der Waals surface area contributed by atoms with Gasteiger partial charge >= 0.3 is 0 Å². The number of nitrogens with zero attached hydrogens (tertiary/aromatic N) is 3. The summed E-state index contributed by atoms with van der Waals surface area (Å²) in [4.78, 5) is 27.9. The SMILES string of the molecule is COc1ccc(CN(CC(=O)N2CCCc3cc([N+](=O)[O-])ccc32)C2CC2)cc1. The van der Waals surface area contributed by atoms with E-state index in [1.165, 1.54) is 6.07 Å². The molecule has 4 rings (SSSR count). The topological polar surface area (TPSA) is 75.9 Å². The van der Waals surface area contributed by atoms with E-state index in [0.29, 0.717) is 19.1 Å². The van der Waals surface area contributed by atoms with Crippen LogP contribution in [0.2, 0.25) is 0 Å². The summed E-state index contributed by atoms with van der Waals surface area (Å²) in [6, 6.07) is 13.2. The van der Waals surface area contributed by atoms with Crippen LogP contribution < -0.4 is 9.64 Å². The lowest BCUT2D eigenvalue weighted by Crippen LogP contribution is -2.43. The van der Waals surface area contributed by atoms with Crippen molar-refractivity contribution in [3.05, 3.63) is 63.7 Å². The molecule has 7 nitrogen and oxygen atoms in total. The van der Waals surface area contributed by atoms with Gasteiger partial charge in [0.1, 0.15) is 5.75 Å². The van der Waals surface area contributed by atoms with Gasteiger partial charge in [0.25, 0.3) is 5.69 Å². The molecule has 0 bridgehead atoms. The maximum absolute atomic E-state index is 13.1. The van der Waals surface area contributed by atoms with Crippen molar-refractivity contribution in [1.29, 1.82) is 0 Å². The van der Waals surface area contributed by atoms with Crippen molar-refractivity contribution >= 4 is 17.3 Å². The summed E-state index contributed by atoms with van der Waals surface area (Å²) >= 11 is 0. The van der Waals surface area contributed by atoms with Crippen LogP contribution in [0, 0.1) is 10.1 Å². The minimum Gasteiger partial charge on any atom is -0.497 e. The number of fused-ring (bicyclic) bond motifs is 1. The molecule has 1 heterocycles. The number of amides is 1. The Balaban J connectivity index is 1.48. The maximum Gasteiger partial charge on any atom is 0.269 e. The summed E-state index contributed by atoms with van der Waals surface area (Å²) in [5.41, 5.74) is 2.93. The minimum atomic E-state index is -0.384. The van der Waals surface area contributed by atoms with E-state index in [1.54, 1.807) is 24.1 Å². The van der Waals surface area contributed by atoms with Crippen molar-refractivity contribution in [2.75, 3.05) is 25.1 Å². The van der Waals surface area contributed by atoms with Crippen molar-refractivity contribution in [2.24, 2.45) is 0 Å². The fourth-order valence-electron chi connectivity index (χ4n) is 3.93. The molecular formula is C22H25N3O4. The van der Waals surface area contributed by atoms with Crippen LogP contribution in [0.4, 0.5) is 11.4 Å². The molecule has 0 saturated heterocycles. The van der Waals surface area contributed by atoms with Gasteiger partial charge in [-0.15, -0.1) is 0 Å². The number of carbonyl (C=O) groups excluding carboxylic acids is 1. The van der Waals surface area contributed by atoms with Crippen LogP contribution in [0.15, 0.2) is 42.5 Å². The number of anilines is 1. The number of ether oxygens (including phenoxy) is 1. The third kappa shape index (κ3) is 4.40. The Morgan fingerprint density at radius 3 is 2.66 bits per heavy atom. The van der Waals surface area contributed by atoms with Crippen LogP contribution in [0.1, 0.15) is 30.4 Å². The third-order valence-corrected chi connectivity index (χ3v) is 5.64. The molecule has 29 heavy (non-hydrogen) atoms. The molecule has 2 aliphatic rings. The predicted molar refractivity (Wildman–Crippen MR) is 110 cm³/mol. The Morgan fingerprint density at radius 1 is 1.24 bits per heavy atom. The highest BCUT2D eigenvalue weighted by Crippen LogP contribution is 2.32. The molecule has 0 atom stereocenters. The monoisotopic (exact) mass is 395 g/mol. The first kappa shape index (κ1) is 19.4. The number of nitro groups is 1.